The van der Waals surface area contributed by atoms with E-state index in [-0.39, 0.29) is 6.10 Å². The third-order valence-electron chi connectivity index (χ3n) is 3.79. The van der Waals surface area contributed by atoms with Gasteiger partial charge in [-0.1, -0.05) is 19.1 Å². The molecular formula is C15H22N2O2. The second-order valence-corrected chi connectivity index (χ2v) is 5.30. The molecule has 0 radical (unpaired) electrons. The molecule has 1 aromatic carbocycles. The SMILES string of the molecule is CCCN(CC1COc2ccccc2O1)C1CNC1. The van der Waals surface area contributed by atoms with Gasteiger partial charge in [0.15, 0.2) is 11.5 Å². The highest BCUT2D eigenvalue weighted by atomic mass is 16.6. The molecule has 19 heavy (non-hydrogen) atoms. The van der Waals surface area contributed by atoms with Crippen molar-refractivity contribution in [1.29, 1.82) is 0 Å². The van der Waals surface area contributed by atoms with Gasteiger partial charge in [-0.3, -0.25) is 4.90 Å². The minimum atomic E-state index is 0.141. The monoisotopic (exact) mass is 262 g/mol. The van der Waals surface area contributed by atoms with Gasteiger partial charge < -0.3 is 14.8 Å². The molecule has 3 rings (SSSR count). The van der Waals surface area contributed by atoms with Crippen LogP contribution in [0.4, 0.5) is 0 Å². The van der Waals surface area contributed by atoms with Crippen LogP contribution in [-0.2, 0) is 0 Å². The van der Waals surface area contributed by atoms with Gasteiger partial charge in [0.05, 0.1) is 0 Å². The maximum Gasteiger partial charge on any atom is 0.161 e. The van der Waals surface area contributed by atoms with E-state index < -0.39 is 0 Å². The molecule has 0 bridgehead atoms. The van der Waals surface area contributed by atoms with Gasteiger partial charge in [0.1, 0.15) is 12.7 Å². The summed E-state index contributed by atoms with van der Waals surface area (Å²) in [7, 11) is 0. The molecule has 2 aliphatic heterocycles. The van der Waals surface area contributed by atoms with Crippen LogP contribution in [0, 0.1) is 0 Å². The van der Waals surface area contributed by atoms with E-state index >= 15 is 0 Å². The highest BCUT2D eigenvalue weighted by Gasteiger charge is 2.29. The van der Waals surface area contributed by atoms with Gasteiger partial charge in [-0.2, -0.15) is 0 Å². The van der Waals surface area contributed by atoms with E-state index in [1.165, 1.54) is 6.42 Å². The number of para-hydroxylation sites is 2. The Morgan fingerprint density at radius 2 is 2.05 bits per heavy atom. The first kappa shape index (κ1) is 12.8. The Balaban J connectivity index is 1.60. The second-order valence-electron chi connectivity index (χ2n) is 5.30. The lowest BCUT2D eigenvalue weighted by Crippen LogP contribution is -2.59. The minimum Gasteiger partial charge on any atom is -0.486 e. The molecule has 104 valence electrons. The summed E-state index contributed by atoms with van der Waals surface area (Å²) in [6.45, 7) is 7.17. The van der Waals surface area contributed by atoms with Crippen molar-refractivity contribution in [3.63, 3.8) is 0 Å². The predicted molar refractivity (Wildman–Crippen MR) is 74.9 cm³/mol. The van der Waals surface area contributed by atoms with E-state index in [2.05, 4.69) is 17.1 Å². The van der Waals surface area contributed by atoms with Gasteiger partial charge in [-0.05, 0) is 25.1 Å². The van der Waals surface area contributed by atoms with E-state index in [1.807, 2.05) is 24.3 Å². The van der Waals surface area contributed by atoms with Crippen molar-refractivity contribution in [3.05, 3.63) is 24.3 Å². The zero-order valence-corrected chi connectivity index (χ0v) is 11.5. The lowest BCUT2D eigenvalue weighted by Gasteiger charge is -2.40. The summed E-state index contributed by atoms with van der Waals surface area (Å²) in [5.41, 5.74) is 0. The van der Waals surface area contributed by atoms with E-state index in [4.69, 9.17) is 9.47 Å². The van der Waals surface area contributed by atoms with Crippen LogP contribution in [-0.4, -0.2) is 49.8 Å². The van der Waals surface area contributed by atoms with Crippen molar-refractivity contribution >= 4 is 0 Å². The standard InChI is InChI=1S/C15H22N2O2/c1-2-7-17(12-8-16-9-12)10-13-11-18-14-5-3-4-6-15(14)19-13/h3-6,12-13,16H,2,7-11H2,1H3. The van der Waals surface area contributed by atoms with Gasteiger partial charge in [-0.15, -0.1) is 0 Å². The van der Waals surface area contributed by atoms with Crippen molar-refractivity contribution in [2.75, 3.05) is 32.8 Å². The van der Waals surface area contributed by atoms with Gasteiger partial charge in [0, 0.05) is 25.7 Å². The molecule has 4 nitrogen and oxygen atoms in total. The van der Waals surface area contributed by atoms with Crippen molar-refractivity contribution in [3.8, 4) is 11.5 Å². The number of hydrogen-bond acceptors (Lipinski definition) is 4. The molecule has 0 amide bonds. The average Bonchev–Trinajstić information content (AvgIpc) is 2.37. The Bertz CT molecular complexity index is 420. The summed E-state index contributed by atoms with van der Waals surface area (Å²) >= 11 is 0. The molecule has 1 unspecified atom stereocenters. The Morgan fingerprint density at radius 3 is 2.74 bits per heavy atom. The molecule has 0 spiro atoms. The van der Waals surface area contributed by atoms with Crippen LogP contribution >= 0.6 is 0 Å². The van der Waals surface area contributed by atoms with Gasteiger partial charge in [0.25, 0.3) is 0 Å². The summed E-state index contributed by atoms with van der Waals surface area (Å²) in [6.07, 6.45) is 1.32. The normalized spacial score (nSPS) is 22.3. The summed E-state index contributed by atoms with van der Waals surface area (Å²) in [5, 5.41) is 3.34. The van der Waals surface area contributed by atoms with Crippen molar-refractivity contribution in [2.45, 2.75) is 25.5 Å². The highest BCUT2D eigenvalue weighted by molar-refractivity contribution is 5.40. The van der Waals surface area contributed by atoms with Crippen LogP contribution < -0.4 is 14.8 Å². The molecule has 1 saturated heterocycles. The van der Waals surface area contributed by atoms with E-state index in [1.54, 1.807) is 0 Å². The maximum atomic E-state index is 6.04. The van der Waals surface area contributed by atoms with Crippen LogP contribution in [0.3, 0.4) is 0 Å². The van der Waals surface area contributed by atoms with Gasteiger partial charge >= 0.3 is 0 Å². The zero-order valence-electron chi connectivity index (χ0n) is 11.5. The van der Waals surface area contributed by atoms with Crippen molar-refractivity contribution < 1.29 is 9.47 Å². The zero-order chi connectivity index (χ0) is 13.1. The lowest BCUT2D eigenvalue weighted by atomic mass is 10.1. The van der Waals surface area contributed by atoms with Crippen molar-refractivity contribution in [2.24, 2.45) is 0 Å². The largest absolute Gasteiger partial charge is 0.486 e. The van der Waals surface area contributed by atoms with Crippen LogP contribution in [0.1, 0.15) is 13.3 Å². The van der Waals surface area contributed by atoms with Gasteiger partial charge in [-0.25, -0.2) is 0 Å². The molecule has 2 aliphatic rings. The number of rotatable bonds is 5. The van der Waals surface area contributed by atoms with Crippen molar-refractivity contribution in [1.82, 2.24) is 10.2 Å². The fourth-order valence-electron chi connectivity index (χ4n) is 2.66. The maximum absolute atomic E-state index is 6.04. The third-order valence-corrected chi connectivity index (χ3v) is 3.79. The minimum absolute atomic E-state index is 0.141. The molecule has 2 heterocycles. The van der Waals surface area contributed by atoms with E-state index in [0.717, 1.165) is 37.7 Å². The molecule has 0 aromatic heterocycles. The van der Waals surface area contributed by atoms with E-state index in [9.17, 15) is 0 Å². The number of ether oxygens (including phenoxy) is 2. The fourth-order valence-corrected chi connectivity index (χ4v) is 2.66. The first-order valence-electron chi connectivity index (χ1n) is 7.20. The first-order chi connectivity index (χ1) is 9.36. The molecule has 1 N–H and O–H groups in total. The highest BCUT2D eigenvalue weighted by Crippen LogP contribution is 2.31. The average molecular weight is 262 g/mol. The molecule has 1 fully saturated rings. The topological polar surface area (TPSA) is 33.7 Å². The number of nitrogens with one attached hydrogen (secondary N) is 1. The smallest absolute Gasteiger partial charge is 0.161 e. The predicted octanol–water partition coefficient (Wildman–Crippen LogP) is 1.51. The quantitative estimate of drug-likeness (QED) is 0.872. The number of benzene rings is 1. The number of nitrogens with zero attached hydrogens (tertiary/aromatic N) is 1. The Morgan fingerprint density at radius 1 is 1.26 bits per heavy atom. The lowest BCUT2D eigenvalue weighted by molar-refractivity contribution is 0.0351. The van der Waals surface area contributed by atoms with Gasteiger partial charge in [0.2, 0.25) is 0 Å². The second kappa shape index (κ2) is 5.80. The Kier molecular flexibility index (Phi) is 3.89. The Labute approximate surface area is 114 Å². The summed E-state index contributed by atoms with van der Waals surface area (Å²) in [4.78, 5) is 2.53. The molecule has 1 aromatic rings. The van der Waals surface area contributed by atoms with Crippen LogP contribution in [0.15, 0.2) is 24.3 Å². The fraction of sp³-hybridized carbons (Fsp3) is 0.600. The molecule has 4 heteroatoms. The molecule has 0 saturated carbocycles. The van der Waals surface area contributed by atoms with E-state index in [0.29, 0.717) is 12.6 Å². The van der Waals surface area contributed by atoms with Crippen LogP contribution in [0.2, 0.25) is 0 Å². The number of hydrogen-bond donors (Lipinski definition) is 1. The molecular weight excluding hydrogens is 240 g/mol. The third kappa shape index (κ3) is 2.85. The number of fused-ring (bicyclic) bond motifs is 1. The Hall–Kier alpha value is -1.26. The molecule has 1 atom stereocenters. The summed E-state index contributed by atoms with van der Waals surface area (Å²) < 4.78 is 11.8. The van der Waals surface area contributed by atoms with Crippen LogP contribution in [0.25, 0.3) is 0 Å². The summed E-state index contributed by atoms with van der Waals surface area (Å²) in [5.74, 6) is 1.74. The molecule has 0 aliphatic carbocycles. The summed E-state index contributed by atoms with van der Waals surface area (Å²) in [6, 6.07) is 8.58. The van der Waals surface area contributed by atoms with Crippen LogP contribution in [0.5, 0.6) is 11.5 Å². The first-order valence-corrected chi connectivity index (χ1v) is 7.20.